The van der Waals surface area contributed by atoms with Crippen LogP contribution in [0, 0.1) is 5.82 Å². The number of carbonyl (C=O) groups is 1. The third-order valence-corrected chi connectivity index (χ3v) is 5.75. The summed E-state index contributed by atoms with van der Waals surface area (Å²) < 4.78 is 25.7. The van der Waals surface area contributed by atoms with Gasteiger partial charge >= 0.3 is 6.09 Å². The molecule has 2 fully saturated rings. The highest BCUT2D eigenvalue weighted by Crippen LogP contribution is 2.33. The quantitative estimate of drug-likeness (QED) is 0.520. The van der Waals surface area contributed by atoms with Crippen molar-refractivity contribution < 1.29 is 18.7 Å². The molecule has 2 bridgehead atoms. The predicted octanol–water partition coefficient (Wildman–Crippen LogP) is 2.88. The maximum Gasteiger partial charge on any atom is 0.410 e. The summed E-state index contributed by atoms with van der Waals surface area (Å²) in [6, 6.07) is -0.350. The number of carbonyl (C=O) groups excluding carboxylic acids is 1. The van der Waals surface area contributed by atoms with Crippen LogP contribution in [0.3, 0.4) is 0 Å². The van der Waals surface area contributed by atoms with Crippen molar-refractivity contribution in [2.75, 3.05) is 13.2 Å². The van der Waals surface area contributed by atoms with Gasteiger partial charge in [-0.1, -0.05) is 11.6 Å². The van der Waals surface area contributed by atoms with Gasteiger partial charge in [0.2, 0.25) is 11.2 Å². The molecule has 4 rings (SSSR count). The van der Waals surface area contributed by atoms with Crippen molar-refractivity contribution in [3.8, 4) is 5.88 Å². The molecule has 2 aromatic heterocycles. The molecule has 12 heteroatoms. The molecule has 4 heterocycles. The lowest BCUT2D eigenvalue weighted by Gasteiger charge is -2.40. The molecule has 0 radical (unpaired) electrons. The van der Waals surface area contributed by atoms with E-state index in [-0.39, 0.29) is 52.9 Å². The molecule has 2 saturated heterocycles. The molecule has 2 aliphatic rings. The average Bonchev–Trinajstić information content (AvgIpc) is 2.98. The molecular weight excluding hydrogens is 452 g/mol. The lowest BCUT2D eigenvalue weighted by molar-refractivity contribution is 0.00115. The summed E-state index contributed by atoms with van der Waals surface area (Å²) >= 11 is 11.6. The number of aromatic nitrogens is 3. The monoisotopic (exact) mass is 473 g/mol. The van der Waals surface area contributed by atoms with E-state index in [2.05, 4.69) is 20.3 Å². The molecule has 0 spiro atoms. The molecule has 2 aromatic rings. The first-order chi connectivity index (χ1) is 14.5. The topological polar surface area (TPSA) is 109 Å². The van der Waals surface area contributed by atoms with Gasteiger partial charge in [-0.15, -0.1) is 0 Å². The molecule has 1 amide bonds. The second kappa shape index (κ2) is 8.07. The van der Waals surface area contributed by atoms with Gasteiger partial charge in [-0.2, -0.15) is 4.98 Å². The fourth-order valence-electron chi connectivity index (χ4n) is 4.07. The van der Waals surface area contributed by atoms with Crippen molar-refractivity contribution in [2.24, 2.45) is 0 Å². The molecule has 2 aliphatic heterocycles. The van der Waals surface area contributed by atoms with E-state index < -0.39 is 22.1 Å². The molecule has 0 unspecified atom stereocenters. The van der Waals surface area contributed by atoms with Crippen molar-refractivity contribution in [1.29, 1.82) is 0 Å². The van der Waals surface area contributed by atoms with Crippen molar-refractivity contribution in [1.82, 2.24) is 25.2 Å². The lowest BCUT2D eigenvalue weighted by atomic mass is 10.1. The van der Waals surface area contributed by atoms with Gasteiger partial charge in [0, 0.05) is 12.6 Å². The van der Waals surface area contributed by atoms with Gasteiger partial charge in [-0.05, 0) is 45.2 Å². The number of hydrogen-bond donors (Lipinski definition) is 2. The fourth-order valence-corrected chi connectivity index (χ4v) is 4.40. The Morgan fingerprint density at radius 2 is 2.03 bits per heavy atom. The second-order valence-electron chi connectivity index (χ2n) is 8.61. The molecule has 9 nitrogen and oxygen atoms in total. The number of hydrogen-bond acceptors (Lipinski definition) is 7. The number of nitrogens with zero attached hydrogens (tertiary/aromatic N) is 3. The van der Waals surface area contributed by atoms with Crippen LogP contribution in [0.2, 0.25) is 10.4 Å². The van der Waals surface area contributed by atoms with E-state index in [1.165, 1.54) is 0 Å². The minimum absolute atomic E-state index is 0.0458. The number of rotatable bonds is 3. The Balaban J connectivity index is 1.57. The van der Waals surface area contributed by atoms with Crippen molar-refractivity contribution in [3.63, 3.8) is 0 Å². The second-order valence-corrected chi connectivity index (χ2v) is 9.33. The van der Waals surface area contributed by atoms with Crippen LogP contribution in [-0.2, 0) is 4.74 Å². The Morgan fingerprint density at radius 1 is 1.29 bits per heavy atom. The predicted molar refractivity (Wildman–Crippen MR) is 112 cm³/mol. The zero-order valence-corrected chi connectivity index (χ0v) is 18.7. The molecule has 0 aliphatic carbocycles. The van der Waals surface area contributed by atoms with Crippen LogP contribution in [0.5, 0.6) is 5.88 Å². The molecule has 2 N–H and O–H groups in total. The molecule has 0 saturated carbocycles. The van der Waals surface area contributed by atoms with E-state index in [9.17, 15) is 14.0 Å². The first-order valence-electron chi connectivity index (χ1n) is 9.87. The van der Waals surface area contributed by atoms with E-state index in [1.807, 2.05) is 20.8 Å². The number of fused-ring (bicyclic) bond motifs is 3. The van der Waals surface area contributed by atoms with Gasteiger partial charge in [0.1, 0.15) is 23.1 Å². The highest BCUT2D eigenvalue weighted by Gasteiger charge is 2.46. The maximum absolute atomic E-state index is 14.3. The minimum atomic E-state index is -0.956. The molecule has 3 atom stereocenters. The zero-order valence-electron chi connectivity index (χ0n) is 17.2. The summed E-state index contributed by atoms with van der Waals surface area (Å²) in [5, 5.41) is 2.42. The standard InChI is InChI=1S/C19H22Cl2FN5O4/c1-19(2,3)31-18(29)27-8-4-5-10(27)9(23-6-8)7-30-16-11-13(12(22)14(20)25-16)24-17(21)26-15(11)28/h8-10,23H,4-7H2,1-3H3,(H,24,26,28)/t8-,9+,10+/m0/s1. The molecule has 168 valence electrons. The third-order valence-electron chi connectivity index (χ3n) is 5.32. The largest absolute Gasteiger partial charge is 0.475 e. The summed E-state index contributed by atoms with van der Waals surface area (Å²) in [6.07, 6.45) is 1.26. The Morgan fingerprint density at radius 3 is 2.74 bits per heavy atom. The minimum Gasteiger partial charge on any atom is -0.475 e. The number of nitrogens with one attached hydrogen (secondary N) is 2. The number of pyridine rings is 1. The average molecular weight is 474 g/mol. The Bertz CT molecular complexity index is 1090. The molecule has 31 heavy (non-hydrogen) atoms. The first-order valence-corrected chi connectivity index (χ1v) is 10.6. The normalized spacial score (nSPS) is 23.3. The van der Waals surface area contributed by atoms with Gasteiger partial charge < -0.3 is 14.8 Å². The Hall–Kier alpha value is -2.17. The first kappa shape index (κ1) is 22.0. The van der Waals surface area contributed by atoms with Crippen LogP contribution in [0.25, 0.3) is 10.9 Å². The van der Waals surface area contributed by atoms with Crippen molar-refractivity contribution in [2.45, 2.75) is 57.3 Å². The van der Waals surface area contributed by atoms with Gasteiger partial charge in [0.25, 0.3) is 5.56 Å². The van der Waals surface area contributed by atoms with Gasteiger partial charge in [-0.3, -0.25) is 14.7 Å². The number of H-pyrrole nitrogens is 1. The van der Waals surface area contributed by atoms with Crippen LogP contribution in [0.1, 0.15) is 33.6 Å². The summed E-state index contributed by atoms with van der Waals surface area (Å²) in [5.41, 5.74) is -1.62. The molecule has 0 aromatic carbocycles. The van der Waals surface area contributed by atoms with E-state index in [0.717, 1.165) is 12.8 Å². The summed E-state index contributed by atoms with van der Waals surface area (Å²) in [5.74, 6) is -1.11. The summed E-state index contributed by atoms with van der Waals surface area (Å²) in [6.45, 7) is 6.12. The molecular formula is C19H22Cl2FN5O4. The Kier molecular flexibility index (Phi) is 5.74. The number of aromatic amines is 1. The SMILES string of the molecule is CC(C)(C)OC(=O)N1[C@H]2CC[C@@H]1[C@@H](COc1nc(Cl)c(F)c3nc(Cl)[nH]c(=O)c13)NC2. The van der Waals surface area contributed by atoms with Crippen LogP contribution < -0.4 is 15.6 Å². The highest BCUT2D eigenvalue weighted by atomic mass is 35.5. The van der Waals surface area contributed by atoms with Crippen LogP contribution in [0.15, 0.2) is 4.79 Å². The lowest BCUT2D eigenvalue weighted by Crippen LogP contribution is -2.61. The van der Waals surface area contributed by atoms with E-state index >= 15 is 0 Å². The van der Waals surface area contributed by atoms with Gasteiger partial charge in [0.05, 0.1) is 12.1 Å². The zero-order chi connectivity index (χ0) is 22.5. The van der Waals surface area contributed by atoms with Gasteiger partial charge in [0.15, 0.2) is 11.0 Å². The van der Waals surface area contributed by atoms with Crippen LogP contribution >= 0.6 is 23.2 Å². The van der Waals surface area contributed by atoms with E-state index in [1.54, 1.807) is 4.90 Å². The number of ether oxygens (including phenoxy) is 2. The Labute approximate surface area is 187 Å². The van der Waals surface area contributed by atoms with E-state index in [4.69, 9.17) is 32.7 Å². The number of amides is 1. The van der Waals surface area contributed by atoms with E-state index in [0.29, 0.717) is 6.54 Å². The van der Waals surface area contributed by atoms with Crippen molar-refractivity contribution in [3.05, 3.63) is 26.6 Å². The highest BCUT2D eigenvalue weighted by molar-refractivity contribution is 6.30. The van der Waals surface area contributed by atoms with Crippen LogP contribution in [-0.4, -0.2) is 62.8 Å². The number of piperazine rings is 1. The summed E-state index contributed by atoms with van der Waals surface area (Å²) in [7, 11) is 0. The van der Waals surface area contributed by atoms with Crippen molar-refractivity contribution >= 4 is 40.2 Å². The van der Waals surface area contributed by atoms with Gasteiger partial charge in [-0.25, -0.2) is 14.2 Å². The fraction of sp³-hybridized carbons (Fsp3) is 0.579. The summed E-state index contributed by atoms with van der Waals surface area (Å²) in [4.78, 5) is 36.8. The third kappa shape index (κ3) is 4.28. The maximum atomic E-state index is 14.3. The van der Waals surface area contributed by atoms with Crippen LogP contribution in [0.4, 0.5) is 9.18 Å². The smallest absolute Gasteiger partial charge is 0.410 e. The number of halogens is 3.